The van der Waals surface area contributed by atoms with Crippen LogP contribution < -0.4 is 0 Å². The molecule has 4 aliphatic carbocycles. The highest BCUT2D eigenvalue weighted by molar-refractivity contribution is 6.04. The number of unbranched alkanes of at least 4 members (excludes halogenated alkanes) is 20. The van der Waals surface area contributed by atoms with Crippen molar-refractivity contribution < 1.29 is 43.6 Å². The highest BCUT2D eigenvalue weighted by Gasteiger charge is 2.88. The monoisotopic (exact) mass is 827 g/mol. The molecule has 9 nitrogen and oxygen atoms in total. The van der Waals surface area contributed by atoms with Crippen LogP contribution >= 0.6 is 0 Å². The van der Waals surface area contributed by atoms with Crippen molar-refractivity contribution in [1.82, 2.24) is 0 Å². The van der Waals surface area contributed by atoms with Crippen LogP contribution in [0.15, 0.2) is 23.3 Å². The number of fused-ring (bicyclic) bond motifs is 5. The van der Waals surface area contributed by atoms with Gasteiger partial charge in [-0.1, -0.05) is 175 Å². The van der Waals surface area contributed by atoms with Gasteiger partial charge in [0.2, 0.25) is 0 Å². The highest BCUT2D eigenvalue weighted by Crippen LogP contribution is 2.77. The largest absolute Gasteiger partial charge is 0.461 e. The molecule has 4 aliphatic rings. The number of esters is 3. The summed E-state index contributed by atoms with van der Waals surface area (Å²) in [5.74, 6) is -4.79. The van der Waals surface area contributed by atoms with Crippen molar-refractivity contribution in [2.24, 2.45) is 29.1 Å². The third-order valence-corrected chi connectivity index (χ3v) is 14.7. The van der Waals surface area contributed by atoms with Crippen molar-refractivity contribution in [3.63, 3.8) is 0 Å². The van der Waals surface area contributed by atoms with Crippen molar-refractivity contribution in [1.29, 1.82) is 0 Å². The molecular formula is C50H82O9. The van der Waals surface area contributed by atoms with E-state index in [4.69, 9.17) is 14.2 Å². The van der Waals surface area contributed by atoms with Crippen LogP contribution in [0.2, 0.25) is 0 Å². The molecule has 0 radical (unpaired) electrons. The second-order valence-electron chi connectivity index (χ2n) is 19.5. The topological polar surface area (TPSA) is 136 Å². The molecule has 0 aliphatic heterocycles. The van der Waals surface area contributed by atoms with Crippen LogP contribution in [0.4, 0.5) is 0 Å². The number of rotatable bonds is 28. The lowest BCUT2D eigenvalue weighted by Gasteiger charge is -2.53. The van der Waals surface area contributed by atoms with Crippen LogP contribution in [0.25, 0.3) is 0 Å². The minimum absolute atomic E-state index is 0.120. The van der Waals surface area contributed by atoms with Crippen molar-refractivity contribution >= 4 is 23.7 Å². The van der Waals surface area contributed by atoms with Gasteiger partial charge in [-0.05, 0) is 30.9 Å². The molecule has 4 rings (SSSR count). The second-order valence-corrected chi connectivity index (χ2v) is 19.5. The maximum atomic E-state index is 13.9. The fraction of sp³-hybridized carbons (Fsp3) is 0.840. The SMILES string of the molecule is CCCCCCCCCCCCCC(=O)O[C@@H]1[C@@H](C)[C@@]2(O)[C@@H](C=C(COC(C)=O)C[C@]3(O)C(=O)C(C)=C[C@@H]23)[C@H]2C(C)(C)[C@]12OC(=O)CCCCCCCCCCCCC. The Hall–Kier alpha value is -2.52. The van der Waals surface area contributed by atoms with E-state index in [1.165, 1.54) is 96.8 Å². The Morgan fingerprint density at radius 3 is 1.64 bits per heavy atom. The fourth-order valence-corrected chi connectivity index (χ4v) is 11.3. The molecule has 8 atom stereocenters. The van der Waals surface area contributed by atoms with E-state index in [1.807, 2.05) is 19.9 Å². The lowest BCUT2D eigenvalue weighted by atomic mass is 9.59. The van der Waals surface area contributed by atoms with Gasteiger partial charge in [-0.2, -0.15) is 0 Å². The van der Waals surface area contributed by atoms with Gasteiger partial charge in [0.05, 0.1) is 5.60 Å². The van der Waals surface area contributed by atoms with Gasteiger partial charge < -0.3 is 24.4 Å². The first-order valence-corrected chi connectivity index (χ1v) is 24.0. The van der Waals surface area contributed by atoms with E-state index in [2.05, 4.69) is 13.8 Å². The summed E-state index contributed by atoms with van der Waals surface area (Å²) in [5.41, 5.74) is -4.85. The lowest BCUT2D eigenvalue weighted by molar-refractivity contribution is -0.229. The van der Waals surface area contributed by atoms with Crippen molar-refractivity contribution in [2.45, 2.75) is 232 Å². The van der Waals surface area contributed by atoms with Gasteiger partial charge in [-0.25, -0.2) is 0 Å². The maximum Gasteiger partial charge on any atom is 0.306 e. The zero-order valence-corrected chi connectivity index (χ0v) is 38.2. The van der Waals surface area contributed by atoms with Crippen molar-refractivity contribution in [3.8, 4) is 0 Å². The van der Waals surface area contributed by atoms with E-state index in [9.17, 15) is 29.4 Å². The van der Waals surface area contributed by atoms with Crippen molar-refractivity contribution in [2.75, 3.05) is 6.61 Å². The molecule has 0 aromatic heterocycles. The normalized spacial score (nSPS) is 30.3. The first kappa shape index (κ1) is 49.1. The van der Waals surface area contributed by atoms with Gasteiger partial charge in [0.15, 0.2) is 11.4 Å². The summed E-state index contributed by atoms with van der Waals surface area (Å²) in [6.07, 6.45) is 28.4. The number of hydrogen-bond donors (Lipinski definition) is 2. The van der Waals surface area contributed by atoms with Crippen LogP contribution in [0.1, 0.15) is 209 Å². The Morgan fingerprint density at radius 2 is 1.17 bits per heavy atom. The minimum atomic E-state index is -1.98. The van der Waals surface area contributed by atoms with Gasteiger partial charge in [0.1, 0.15) is 18.3 Å². The summed E-state index contributed by atoms with van der Waals surface area (Å²) >= 11 is 0. The molecule has 0 saturated heterocycles. The van der Waals surface area contributed by atoms with Crippen LogP contribution in [0.5, 0.6) is 0 Å². The van der Waals surface area contributed by atoms with Gasteiger partial charge in [0.25, 0.3) is 0 Å². The molecule has 0 unspecified atom stereocenters. The number of Topliss-reactive ketones (excluding diaryl/α,β-unsaturated/α-hetero) is 1. The average molecular weight is 827 g/mol. The third kappa shape index (κ3) is 11.5. The van der Waals surface area contributed by atoms with E-state index in [0.29, 0.717) is 24.0 Å². The summed E-state index contributed by atoms with van der Waals surface area (Å²) in [5, 5.41) is 25.5. The van der Waals surface area contributed by atoms with Crippen LogP contribution in [0, 0.1) is 29.1 Å². The smallest absolute Gasteiger partial charge is 0.306 e. The van der Waals surface area contributed by atoms with Gasteiger partial charge in [-0.3, -0.25) is 19.2 Å². The summed E-state index contributed by atoms with van der Waals surface area (Å²) in [6, 6.07) is 0. The van der Waals surface area contributed by atoms with E-state index < -0.39 is 69.7 Å². The van der Waals surface area contributed by atoms with Gasteiger partial charge in [-0.15, -0.1) is 0 Å². The van der Waals surface area contributed by atoms with Crippen molar-refractivity contribution in [3.05, 3.63) is 23.3 Å². The molecule has 336 valence electrons. The maximum absolute atomic E-state index is 13.9. The Kier molecular flexibility index (Phi) is 18.8. The average Bonchev–Trinajstić information content (AvgIpc) is 3.61. The van der Waals surface area contributed by atoms with Gasteiger partial charge >= 0.3 is 17.9 Å². The number of carbonyl (C=O) groups is 4. The van der Waals surface area contributed by atoms with E-state index in [1.54, 1.807) is 19.9 Å². The molecular weight excluding hydrogens is 745 g/mol. The summed E-state index contributed by atoms with van der Waals surface area (Å²) < 4.78 is 18.5. The second kappa shape index (κ2) is 22.5. The molecule has 2 N–H and O–H groups in total. The number of carbonyl (C=O) groups excluding carboxylic acids is 4. The Morgan fingerprint density at radius 1 is 0.712 bits per heavy atom. The Balaban J connectivity index is 1.50. The Labute approximate surface area is 357 Å². The predicted molar refractivity (Wildman–Crippen MR) is 232 cm³/mol. The number of ketones is 1. The Bertz CT molecular complexity index is 1460. The summed E-state index contributed by atoms with van der Waals surface area (Å²) in [6.45, 7) is 13.1. The molecule has 9 heteroatoms. The van der Waals surface area contributed by atoms with E-state index in [-0.39, 0.29) is 31.8 Å². The molecule has 0 bridgehead atoms. The van der Waals surface area contributed by atoms with E-state index in [0.717, 1.165) is 38.5 Å². The molecule has 0 heterocycles. The zero-order chi connectivity index (χ0) is 43.3. The molecule has 2 saturated carbocycles. The lowest BCUT2D eigenvalue weighted by Crippen LogP contribution is -2.66. The summed E-state index contributed by atoms with van der Waals surface area (Å²) in [4.78, 5) is 53.4. The first-order valence-electron chi connectivity index (χ1n) is 24.0. The number of ether oxygens (including phenoxy) is 3. The predicted octanol–water partition coefficient (Wildman–Crippen LogP) is 11.0. The molecule has 59 heavy (non-hydrogen) atoms. The number of hydrogen-bond acceptors (Lipinski definition) is 9. The molecule has 2 fully saturated rings. The number of aliphatic hydroxyl groups is 2. The molecule has 0 aromatic rings. The van der Waals surface area contributed by atoms with Crippen LogP contribution in [-0.2, 0) is 33.4 Å². The standard InChI is InChI=1S/C50H82O9/c1-8-10-12-14-16-18-20-22-24-26-28-30-42(52)58-46-37(4)49(56)40(33-39(35-57-38(5)51)34-48(55)41(49)32-36(3)45(48)54)44-47(6,7)50(44,46)59-43(53)31-29-27-25-23-21-19-17-15-13-11-9-2/h32-33,37,40-41,44,46,55-56H,8-31,34-35H2,1-7H3/t37-,40+,41-,44+,46-,48-,49-,50-/m1/s1. The minimum Gasteiger partial charge on any atom is -0.461 e. The van der Waals surface area contributed by atoms with Crippen LogP contribution in [0.3, 0.4) is 0 Å². The third-order valence-electron chi connectivity index (χ3n) is 14.7. The summed E-state index contributed by atoms with van der Waals surface area (Å²) in [7, 11) is 0. The highest BCUT2D eigenvalue weighted by atomic mass is 16.6. The molecule has 0 aromatic carbocycles. The fourth-order valence-electron chi connectivity index (χ4n) is 11.3. The molecule has 0 amide bonds. The van der Waals surface area contributed by atoms with Crippen LogP contribution in [-0.4, -0.2) is 63.4 Å². The van der Waals surface area contributed by atoms with E-state index >= 15 is 0 Å². The zero-order valence-electron chi connectivity index (χ0n) is 38.2. The van der Waals surface area contributed by atoms with Gasteiger partial charge in [0, 0.05) is 55.3 Å². The molecule has 0 spiro atoms. The first-order chi connectivity index (χ1) is 28.1. The quantitative estimate of drug-likeness (QED) is 0.0342.